The van der Waals surface area contributed by atoms with Crippen LogP contribution >= 0.6 is 0 Å². The molecule has 132 valence electrons. The monoisotopic (exact) mass is 325 g/mol. The van der Waals surface area contributed by atoms with E-state index in [-0.39, 0.29) is 11.9 Å². The van der Waals surface area contributed by atoms with Crippen LogP contribution in [0.25, 0.3) is 0 Å². The van der Waals surface area contributed by atoms with Gasteiger partial charge in [0.25, 0.3) is 5.91 Å². The zero-order valence-corrected chi connectivity index (χ0v) is 14.9. The van der Waals surface area contributed by atoms with Crippen LogP contribution in [0.15, 0.2) is 4.99 Å². The number of urea groups is 1. The number of amides is 3. The van der Waals surface area contributed by atoms with Gasteiger partial charge in [-0.1, -0.05) is 20.3 Å². The molecule has 7 nitrogen and oxygen atoms in total. The fourth-order valence-electron chi connectivity index (χ4n) is 2.33. The summed E-state index contributed by atoms with van der Waals surface area (Å²) in [5.41, 5.74) is -0.753. The first-order valence-corrected chi connectivity index (χ1v) is 8.64. The Morgan fingerprint density at radius 3 is 2.52 bits per heavy atom. The van der Waals surface area contributed by atoms with E-state index < -0.39 is 5.54 Å². The summed E-state index contributed by atoms with van der Waals surface area (Å²) in [5.74, 6) is 0.651. The van der Waals surface area contributed by atoms with Gasteiger partial charge in [0.05, 0.1) is 0 Å². The minimum absolute atomic E-state index is 0.137. The normalized spacial score (nSPS) is 21.6. The van der Waals surface area contributed by atoms with Gasteiger partial charge in [-0.3, -0.25) is 14.7 Å². The van der Waals surface area contributed by atoms with Gasteiger partial charge in [-0.2, -0.15) is 0 Å². The number of imide groups is 1. The van der Waals surface area contributed by atoms with Crippen molar-refractivity contribution in [1.82, 2.24) is 20.9 Å². The summed E-state index contributed by atoms with van der Waals surface area (Å²) in [4.78, 5) is 29.9. The highest BCUT2D eigenvalue weighted by atomic mass is 16.2. The van der Waals surface area contributed by atoms with E-state index >= 15 is 0 Å². The summed E-state index contributed by atoms with van der Waals surface area (Å²) < 4.78 is 0. The first-order chi connectivity index (χ1) is 11.0. The van der Waals surface area contributed by atoms with Gasteiger partial charge < -0.3 is 16.0 Å². The molecule has 1 heterocycles. The Morgan fingerprint density at radius 1 is 1.22 bits per heavy atom. The van der Waals surface area contributed by atoms with Crippen LogP contribution in [-0.2, 0) is 4.79 Å². The summed E-state index contributed by atoms with van der Waals surface area (Å²) >= 11 is 0. The number of nitrogens with one attached hydrogen (secondary N) is 3. The lowest BCUT2D eigenvalue weighted by molar-refractivity contribution is -0.130. The highest BCUT2D eigenvalue weighted by molar-refractivity contribution is 6.06. The molecule has 0 spiro atoms. The maximum Gasteiger partial charge on any atom is 0.325 e. The topological polar surface area (TPSA) is 85.8 Å². The van der Waals surface area contributed by atoms with E-state index in [0.29, 0.717) is 25.9 Å². The van der Waals surface area contributed by atoms with E-state index in [2.05, 4.69) is 27.9 Å². The van der Waals surface area contributed by atoms with Gasteiger partial charge in [-0.15, -0.1) is 0 Å². The predicted octanol–water partition coefficient (Wildman–Crippen LogP) is 1.45. The molecular formula is C16H31N5O2. The van der Waals surface area contributed by atoms with Crippen LogP contribution in [-0.4, -0.2) is 54.5 Å². The number of rotatable bonds is 9. The van der Waals surface area contributed by atoms with Gasteiger partial charge in [-0.05, 0) is 33.1 Å². The van der Waals surface area contributed by atoms with E-state index in [1.54, 1.807) is 6.92 Å². The fraction of sp³-hybridized carbons (Fsp3) is 0.812. The Kier molecular flexibility index (Phi) is 7.85. The number of carbonyl (C=O) groups excluding carboxylic acids is 2. The van der Waals surface area contributed by atoms with Crippen molar-refractivity contribution in [3.05, 3.63) is 0 Å². The smallest absolute Gasteiger partial charge is 0.325 e. The Bertz CT molecular complexity index is 438. The van der Waals surface area contributed by atoms with Crippen molar-refractivity contribution in [2.24, 2.45) is 4.99 Å². The standard InChI is InChI=1S/C16H31N5O2/c1-5-8-10-18-14(17-7-3)19-11-9-12-21-13(22)16(4,6-2)20-15(21)23/h5-12H2,1-4H3,(H,20,23)(H2,17,18,19). The first-order valence-electron chi connectivity index (χ1n) is 8.64. The highest BCUT2D eigenvalue weighted by Gasteiger charge is 2.45. The number of hydrogen-bond acceptors (Lipinski definition) is 3. The van der Waals surface area contributed by atoms with E-state index in [1.807, 2.05) is 13.8 Å². The van der Waals surface area contributed by atoms with E-state index in [4.69, 9.17) is 0 Å². The molecule has 1 aliphatic rings. The average Bonchev–Trinajstić information content (AvgIpc) is 2.75. The summed E-state index contributed by atoms with van der Waals surface area (Å²) in [6.07, 6.45) is 3.48. The molecule has 1 saturated heterocycles. The Morgan fingerprint density at radius 2 is 1.96 bits per heavy atom. The minimum Gasteiger partial charge on any atom is -0.357 e. The second kappa shape index (κ2) is 9.37. The van der Waals surface area contributed by atoms with Crippen molar-refractivity contribution in [2.75, 3.05) is 26.2 Å². The lowest BCUT2D eigenvalue weighted by Gasteiger charge is -2.19. The van der Waals surface area contributed by atoms with Gasteiger partial charge >= 0.3 is 6.03 Å². The van der Waals surface area contributed by atoms with E-state index in [9.17, 15) is 9.59 Å². The summed E-state index contributed by atoms with van der Waals surface area (Å²) in [7, 11) is 0. The molecular weight excluding hydrogens is 294 g/mol. The molecule has 3 amide bonds. The third-order valence-corrected chi connectivity index (χ3v) is 4.03. The minimum atomic E-state index is -0.753. The van der Waals surface area contributed by atoms with Gasteiger partial charge in [0.2, 0.25) is 0 Å². The number of guanidine groups is 1. The van der Waals surface area contributed by atoms with Crippen LogP contribution < -0.4 is 16.0 Å². The molecule has 0 bridgehead atoms. The summed E-state index contributed by atoms with van der Waals surface area (Å²) in [6.45, 7) is 10.5. The predicted molar refractivity (Wildman–Crippen MR) is 92.4 cm³/mol. The van der Waals surface area contributed by atoms with Crippen molar-refractivity contribution >= 4 is 17.9 Å². The van der Waals surface area contributed by atoms with E-state index in [1.165, 1.54) is 4.90 Å². The molecule has 1 rings (SSSR count). The third-order valence-electron chi connectivity index (χ3n) is 4.03. The second-order valence-corrected chi connectivity index (χ2v) is 5.97. The molecule has 1 fully saturated rings. The van der Waals surface area contributed by atoms with Crippen LogP contribution in [0.4, 0.5) is 4.79 Å². The zero-order valence-electron chi connectivity index (χ0n) is 14.9. The zero-order chi connectivity index (χ0) is 17.3. The molecule has 7 heteroatoms. The van der Waals surface area contributed by atoms with Gasteiger partial charge in [0.15, 0.2) is 5.96 Å². The summed E-state index contributed by atoms with van der Waals surface area (Å²) in [5, 5.41) is 9.22. The number of hydrogen-bond donors (Lipinski definition) is 3. The molecule has 0 aromatic heterocycles. The highest BCUT2D eigenvalue weighted by Crippen LogP contribution is 2.20. The molecule has 23 heavy (non-hydrogen) atoms. The quantitative estimate of drug-likeness (QED) is 0.259. The summed E-state index contributed by atoms with van der Waals surface area (Å²) in [6, 6.07) is -0.295. The van der Waals surface area contributed by atoms with Gasteiger partial charge in [-0.25, -0.2) is 4.79 Å². The second-order valence-electron chi connectivity index (χ2n) is 5.97. The van der Waals surface area contributed by atoms with Crippen LogP contribution in [0.1, 0.15) is 53.4 Å². The Balaban J connectivity index is 2.44. The Labute approximate surface area is 139 Å². The fourth-order valence-corrected chi connectivity index (χ4v) is 2.33. The maximum absolute atomic E-state index is 12.3. The SMILES string of the molecule is CCCCNC(=NCCCN1C(=O)NC(C)(CC)C1=O)NCC. The van der Waals surface area contributed by atoms with Crippen molar-refractivity contribution in [2.45, 2.75) is 58.9 Å². The van der Waals surface area contributed by atoms with Crippen molar-refractivity contribution < 1.29 is 9.59 Å². The molecule has 1 atom stereocenters. The molecule has 0 aromatic carbocycles. The lowest BCUT2D eigenvalue weighted by atomic mass is 9.99. The van der Waals surface area contributed by atoms with Crippen LogP contribution in [0.5, 0.6) is 0 Å². The molecule has 1 aliphatic heterocycles. The number of aliphatic imine (C=N–C) groups is 1. The molecule has 0 aromatic rings. The third kappa shape index (κ3) is 5.41. The van der Waals surface area contributed by atoms with Crippen LogP contribution in [0, 0.1) is 0 Å². The Hall–Kier alpha value is -1.79. The molecule has 0 saturated carbocycles. The van der Waals surface area contributed by atoms with E-state index in [0.717, 1.165) is 31.9 Å². The molecule has 3 N–H and O–H groups in total. The first kappa shape index (κ1) is 19.3. The molecule has 0 radical (unpaired) electrons. The largest absolute Gasteiger partial charge is 0.357 e. The molecule has 1 unspecified atom stereocenters. The molecule has 0 aliphatic carbocycles. The van der Waals surface area contributed by atoms with Crippen LogP contribution in [0.3, 0.4) is 0 Å². The number of carbonyl (C=O) groups is 2. The van der Waals surface area contributed by atoms with Crippen molar-refractivity contribution in [3.8, 4) is 0 Å². The van der Waals surface area contributed by atoms with Crippen molar-refractivity contribution in [3.63, 3.8) is 0 Å². The van der Waals surface area contributed by atoms with Crippen LogP contribution in [0.2, 0.25) is 0 Å². The van der Waals surface area contributed by atoms with Gasteiger partial charge in [0, 0.05) is 26.2 Å². The maximum atomic E-state index is 12.3. The van der Waals surface area contributed by atoms with Crippen molar-refractivity contribution in [1.29, 1.82) is 0 Å². The number of nitrogens with zero attached hydrogens (tertiary/aromatic N) is 2. The average molecular weight is 325 g/mol. The lowest BCUT2D eigenvalue weighted by Crippen LogP contribution is -2.43. The van der Waals surface area contributed by atoms with Gasteiger partial charge in [0.1, 0.15) is 5.54 Å². The number of unbranched alkanes of at least 4 members (excludes halogenated alkanes) is 1.